The third kappa shape index (κ3) is 3.30. The van der Waals surface area contributed by atoms with Crippen LogP contribution in [0.4, 0.5) is 0 Å². The van der Waals surface area contributed by atoms with Crippen LogP contribution < -0.4 is 15.2 Å². The minimum atomic E-state index is -0.0394. The smallest absolute Gasteiger partial charge is 0.257 e. The Labute approximate surface area is 119 Å². The molecule has 1 aromatic carbocycles. The van der Waals surface area contributed by atoms with Gasteiger partial charge in [-0.15, -0.1) is 12.4 Å². The number of hydrogen-bond donors (Lipinski definition) is 1. The minimum Gasteiger partial charge on any atom is -0.497 e. The summed E-state index contributed by atoms with van der Waals surface area (Å²) in [7, 11) is 3.12. The van der Waals surface area contributed by atoms with Crippen molar-refractivity contribution >= 4 is 18.3 Å². The molecule has 2 N–H and O–H groups in total. The van der Waals surface area contributed by atoms with Gasteiger partial charge in [0.25, 0.3) is 5.91 Å². The van der Waals surface area contributed by atoms with E-state index in [1.807, 2.05) is 0 Å². The number of nitrogens with two attached hydrogens (primary N) is 1. The van der Waals surface area contributed by atoms with E-state index in [2.05, 4.69) is 0 Å². The van der Waals surface area contributed by atoms with Gasteiger partial charge in [0.15, 0.2) is 0 Å². The van der Waals surface area contributed by atoms with E-state index in [1.165, 1.54) is 0 Å². The summed E-state index contributed by atoms with van der Waals surface area (Å²) in [5, 5.41) is 0. The number of hydrogen-bond acceptors (Lipinski definition) is 4. The average molecular weight is 287 g/mol. The highest BCUT2D eigenvalue weighted by atomic mass is 35.5. The van der Waals surface area contributed by atoms with Gasteiger partial charge in [-0.25, -0.2) is 0 Å². The van der Waals surface area contributed by atoms with Crippen molar-refractivity contribution in [3.63, 3.8) is 0 Å². The summed E-state index contributed by atoms with van der Waals surface area (Å²) >= 11 is 0. The van der Waals surface area contributed by atoms with Crippen molar-refractivity contribution in [1.29, 1.82) is 0 Å². The van der Waals surface area contributed by atoms with Crippen molar-refractivity contribution in [2.24, 2.45) is 5.73 Å². The predicted octanol–water partition coefficient (Wildman–Crippen LogP) is 1.30. The second-order valence-electron chi connectivity index (χ2n) is 4.37. The van der Waals surface area contributed by atoms with Crippen LogP contribution >= 0.6 is 12.4 Å². The van der Waals surface area contributed by atoms with Crippen LogP contribution in [0.1, 0.15) is 16.8 Å². The predicted molar refractivity (Wildman–Crippen MR) is 75.3 cm³/mol. The van der Waals surface area contributed by atoms with E-state index < -0.39 is 0 Å². The maximum Gasteiger partial charge on any atom is 0.257 e. The summed E-state index contributed by atoms with van der Waals surface area (Å²) in [6, 6.07) is 5.27. The number of methoxy groups -OCH3 is 2. The molecule has 0 spiro atoms. The Morgan fingerprint density at radius 3 is 2.63 bits per heavy atom. The molecule has 1 fully saturated rings. The number of carbonyl (C=O) groups excluding carboxylic acids is 1. The lowest BCUT2D eigenvalue weighted by molar-refractivity contribution is 0.0787. The second-order valence-corrected chi connectivity index (χ2v) is 4.37. The van der Waals surface area contributed by atoms with Gasteiger partial charge in [-0.05, 0) is 18.6 Å². The molecule has 1 aromatic rings. The standard InChI is InChI=1S/C13H18N2O3.ClH/c1-17-10-3-4-11(12(7-10)18-2)13(16)15-6-5-9(14)8-15;/h3-4,7,9H,5-6,8,14H2,1-2H3;1H. The van der Waals surface area contributed by atoms with Gasteiger partial charge in [0, 0.05) is 25.2 Å². The van der Waals surface area contributed by atoms with Gasteiger partial charge >= 0.3 is 0 Å². The molecule has 6 heteroatoms. The molecule has 2 rings (SSSR count). The molecule has 1 saturated heterocycles. The molecular weight excluding hydrogens is 268 g/mol. The molecule has 1 atom stereocenters. The number of rotatable bonds is 3. The van der Waals surface area contributed by atoms with Gasteiger partial charge in [-0.2, -0.15) is 0 Å². The van der Waals surface area contributed by atoms with Gasteiger partial charge in [-0.1, -0.05) is 0 Å². The average Bonchev–Trinajstić information content (AvgIpc) is 2.83. The molecule has 0 bridgehead atoms. The lowest BCUT2D eigenvalue weighted by Gasteiger charge is -2.18. The Morgan fingerprint density at radius 1 is 1.37 bits per heavy atom. The van der Waals surface area contributed by atoms with Gasteiger partial charge < -0.3 is 20.1 Å². The van der Waals surface area contributed by atoms with E-state index in [4.69, 9.17) is 15.2 Å². The molecule has 1 amide bonds. The fourth-order valence-electron chi connectivity index (χ4n) is 2.12. The molecule has 1 unspecified atom stereocenters. The summed E-state index contributed by atoms with van der Waals surface area (Å²) < 4.78 is 10.3. The molecule has 1 heterocycles. The highest BCUT2D eigenvalue weighted by Gasteiger charge is 2.26. The Morgan fingerprint density at radius 2 is 2.11 bits per heavy atom. The number of amides is 1. The van der Waals surface area contributed by atoms with E-state index in [0.29, 0.717) is 30.2 Å². The number of nitrogens with zero attached hydrogens (tertiary/aromatic N) is 1. The summed E-state index contributed by atoms with van der Waals surface area (Å²) in [4.78, 5) is 14.1. The molecular formula is C13H19ClN2O3. The SMILES string of the molecule is COc1ccc(C(=O)N2CCC(N)C2)c(OC)c1.Cl. The van der Waals surface area contributed by atoms with Gasteiger partial charge in [0.2, 0.25) is 0 Å². The highest BCUT2D eigenvalue weighted by Crippen LogP contribution is 2.26. The fourth-order valence-corrected chi connectivity index (χ4v) is 2.12. The molecule has 0 aliphatic carbocycles. The van der Waals surface area contributed by atoms with Crippen molar-refractivity contribution < 1.29 is 14.3 Å². The first-order valence-corrected chi connectivity index (χ1v) is 5.92. The van der Waals surface area contributed by atoms with Crippen LogP contribution in [0, 0.1) is 0 Å². The third-order valence-electron chi connectivity index (χ3n) is 3.15. The highest BCUT2D eigenvalue weighted by molar-refractivity contribution is 5.97. The Kier molecular flexibility index (Phi) is 5.44. The summed E-state index contributed by atoms with van der Waals surface area (Å²) in [5.74, 6) is 1.16. The van der Waals surface area contributed by atoms with Crippen LogP contribution in [0.3, 0.4) is 0 Å². The maximum absolute atomic E-state index is 12.3. The Bertz CT molecular complexity index is 454. The van der Waals surface area contributed by atoms with Gasteiger partial charge in [0.1, 0.15) is 11.5 Å². The molecule has 0 aromatic heterocycles. The topological polar surface area (TPSA) is 64.8 Å². The molecule has 1 aliphatic rings. The molecule has 106 valence electrons. The number of halogens is 1. The van der Waals surface area contributed by atoms with Crippen molar-refractivity contribution in [2.45, 2.75) is 12.5 Å². The zero-order valence-electron chi connectivity index (χ0n) is 11.1. The third-order valence-corrected chi connectivity index (χ3v) is 3.15. The first-order valence-electron chi connectivity index (χ1n) is 5.92. The first kappa shape index (κ1) is 15.6. The van der Waals surface area contributed by atoms with E-state index >= 15 is 0 Å². The zero-order valence-corrected chi connectivity index (χ0v) is 11.9. The van der Waals surface area contributed by atoms with Crippen molar-refractivity contribution in [3.8, 4) is 11.5 Å². The van der Waals surface area contributed by atoms with Crippen LogP contribution in [0.25, 0.3) is 0 Å². The van der Waals surface area contributed by atoms with Crippen molar-refractivity contribution in [2.75, 3.05) is 27.3 Å². The van der Waals surface area contributed by atoms with Crippen molar-refractivity contribution in [1.82, 2.24) is 4.90 Å². The van der Waals surface area contributed by atoms with E-state index in [-0.39, 0.29) is 24.4 Å². The minimum absolute atomic E-state index is 0. The lowest BCUT2D eigenvalue weighted by atomic mass is 10.1. The fraction of sp³-hybridized carbons (Fsp3) is 0.462. The van der Waals surface area contributed by atoms with Crippen molar-refractivity contribution in [3.05, 3.63) is 23.8 Å². The normalized spacial score (nSPS) is 17.8. The van der Waals surface area contributed by atoms with E-state index in [1.54, 1.807) is 37.3 Å². The molecule has 5 nitrogen and oxygen atoms in total. The largest absolute Gasteiger partial charge is 0.497 e. The first-order chi connectivity index (χ1) is 8.65. The lowest BCUT2D eigenvalue weighted by Crippen LogP contribution is -2.32. The van der Waals surface area contributed by atoms with Gasteiger partial charge in [0.05, 0.1) is 19.8 Å². The van der Waals surface area contributed by atoms with Crippen LogP contribution in [-0.2, 0) is 0 Å². The number of ether oxygens (including phenoxy) is 2. The van der Waals surface area contributed by atoms with Crippen LogP contribution in [-0.4, -0.2) is 44.2 Å². The van der Waals surface area contributed by atoms with Gasteiger partial charge in [-0.3, -0.25) is 4.79 Å². The zero-order chi connectivity index (χ0) is 13.1. The summed E-state index contributed by atoms with van der Waals surface area (Å²) in [6.45, 7) is 1.31. The summed E-state index contributed by atoms with van der Waals surface area (Å²) in [5.41, 5.74) is 6.36. The number of benzene rings is 1. The second kappa shape index (κ2) is 6.63. The van der Waals surface area contributed by atoms with E-state index in [0.717, 1.165) is 6.42 Å². The van der Waals surface area contributed by atoms with E-state index in [9.17, 15) is 4.79 Å². The molecule has 19 heavy (non-hydrogen) atoms. The monoisotopic (exact) mass is 286 g/mol. The van der Waals surface area contributed by atoms with Crippen LogP contribution in [0.2, 0.25) is 0 Å². The molecule has 0 radical (unpaired) electrons. The molecule has 0 saturated carbocycles. The van der Waals surface area contributed by atoms with Crippen LogP contribution in [0.5, 0.6) is 11.5 Å². The Balaban J connectivity index is 0.00000180. The number of carbonyl (C=O) groups is 1. The maximum atomic E-state index is 12.3. The van der Waals surface area contributed by atoms with Crippen LogP contribution in [0.15, 0.2) is 18.2 Å². The molecule has 1 aliphatic heterocycles. The quantitative estimate of drug-likeness (QED) is 0.910. The Hall–Kier alpha value is -1.46. The number of likely N-dealkylation sites (tertiary alicyclic amines) is 1. The summed E-state index contributed by atoms with van der Waals surface area (Å²) in [6.07, 6.45) is 0.851.